The third kappa shape index (κ3) is 3.80. The minimum absolute atomic E-state index is 0.0273. The molecule has 0 atom stereocenters. The van der Waals surface area contributed by atoms with Gasteiger partial charge in [-0.2, -0.15) is 0 Å². The van der Waals surface area contributed by atoms with Gasteiger partial charge in [-0.15, -0.1) is 0 Å². The molecule has 184 valence electrons. The van der Waals surface area contributed by atoms with Crippen LogP contribution in [0.4, 0.5) is 0 Å². The Morgan fingerprint density at radius 1 is 0.919 bits per heavy atom. The Hall–Kier alpha value is -4.62. The summed E-state index contributed by atoms with van der Waals surface area (Å²) in [5, 5.41) is 21.8. The Balaban J connectivity index is 1.67. The molecule has 5 aromatic rings. The van der Waals surface area contributed by atoms with Gasteiger partial charge < -0.3 is 24.1 Å². The molecule has 0 saturated carbocycles. The van der Waals surface area contributed by atoms with Gasteiger partial charge >= 0.3 is 0 Å². The van der Waals surface area contributed by atoms with Crippen LogP contribution in [0, 0.1) is 0 Å². The van der Waals surface area contributed by atoms with Crippen LogP contribution in [0.5, 0.6) is 11.5 Å². The Bertz CT molecular complexity index is 1830. The van der Waals surface area contributed by atoms with E-state index in [1.54, 1.807) is 18.3 Å². The third-order valence-electron chi connectivity index (χ3n) is 6.90. The van der Waals surface area contributed by atoms with Gasteiger partial charge in [0, 0.05) is 42.5 Å². The number of nitrogens with zero attached hydrogens (tertiary/aromatic N) is 2. The van der Waals surface area contributed by atoms with Crippen molar-refractivity contribution in [1.29, 1.82) is 0 Å². The summed E-state index contributed by atoms with van der Waals surface area (Å²) in [5.41, 5.74) is 2.23. The summed E-state index contributed by atoms with van der Waals surface area (Å²) in [7, 11) is 2.00. The first-order valence-corrected chi connectivity index (χ1v) is 12.0. The number of hydrogen-bond donors (Lipinski definition) is 2. The minimum Gasteiger partial charge on any atom is -0.507 e. The third-order valence-corrected chi connectivity index (χ3v) is 6.90. The first-order valence-electron chi connectivity index (χ1n) is 12.0. The van der Waals surface area contributed by atoms with Crippen LogP contribution in [0.25, 0.3) is 44.5 Å². The van der Waals surface area contributed by atoms with E-state index in [2.05, 4.69) is 4.90 Å². The van der Waals surface area contributed by atoms with E-state index in [0.29, 0.717) is 23.9 Å². The molecule has 0 radical (unpaired) electrons. The maximum atomic E-state index is 13.6. The van der Waals surface area contributed by atoms with Crippen molar-refractivity contribution in [1.82, 2.24) is 9.47 Å². The summed E-state index contributed by atoms with van der Waals surface area (Å²) < 4.78 is 8.12. The second-order valence-electron chi connectivity index (χ2n) is 9.31. The minimum atomic E-state index is -0.498. The van der Waals surface area contributed by atoms with Gasteiger partial charge in [-0.05, 0) is 43.3 Å². The number of phenols is 2. The summed E-state index contributed by atoms with van der Waals surface area (Å²) in [6.45, 7) is 1.44. The lowest BCUT2D eigenvalue weighted by Crippen LogP contribution is -2.23. The highest BCUT2D eigenvalue weighted by Gasteiger charge is 2.23. The zero-order valence-corrected chi connectivity index (χ0v) is 20.1. The van der Waals surface area contributed by atoms with Crippen LogP contribution < -0.4 is 10.9 Å². The van der Waals surface area contributed by atoms with Crippen LogP contribution in [0.2, 0.25) is 0 Å². The van der Waals surface area contributed by atoms with Crippen LogP contribution in [0.1, 0.15) is 12.0 Å². The number of para-hydroxylation sites is 2. The number of phenolic OH excluding ortho intramolecular Hbond substituents is 2. The molecule has 2 aromatic heterocycles. The van der Waals surface area contributed by atoms with E-state index in [1.807, 2.05) is 60.2 Å². The smallest absolute Gasteiger partial charge is 0.200 e. The lowest BCUT2D eigenvalue weighted by molar-refractivity contribution is 0.369. The molecule has 3 aromatic carbocycles. The van der Waals surface area contributed by atoms with E-state index in [-0.39, 0.29) is 39.2 Å². The molecule has 0 spiro atoms. The predicted octanol–water partition coefficient (Wildman–Crippen LogP) is 4.89. The Morgan fingerprint density at radius 3 is 2.43 bits per heavy atom. The highest BCUT2D eigenvalue weighted by Crippen LogP contribution is 2.40. The lowest BCUT2D eigenvalue weighted by Gasteiger charge is -2.23. The van der Waals surface area contributed by atoms with Crippen molar-refractivity contribution in [2.45, 2.75) is 6.42 Å². The predicted molar refractivity (Wildman–Crippen MR) is 144 cm³/mol. The van der Waals surface area contributed by atoms with Crippen molar-refractivity contribution in [3.05, 3.63) is 105 Å². The van der Waals surface area contributed by atoms with Crippen molar-refractivity contribution in [2.24, 2.45) is 0 Å². The van der Waals surface area contributed by atoms with Gasteiger partial charge in [-0.25, -0.2) is 0 Å². The van der Waals surface area contributed by atoms with Gasteiger partial charge in [0.05, 0.1) is 16.6 Å². The number of rotatable bonds is 3. The maximum Gasteiger partial charge on any atom is 0.200 e. The van der Waals surface area contributed by atoms with Gasteiger partial charge in [0.15, 0.2) is 16.4 Å². The summed E-state index contributed by atoms with van der Waals surface area (Å²) in [6.07, 6.45) is 4.27. The van der Waals surface area contributed by atoms with Crippen molar-refractivity contribution in [3.8, 4) is 28.5 Å². The largest absolute Gasteiger partial charge is 0.507 e. The number of aromatic nitrogens is 1. The highest BCUT2D eigenvalue weighted by atomic mass is 16.3. The van der Waals surface area contributed by atoms with Crippen molar-refractivity contribution < 1.29 is 14.6 Å². The molecule has 2 N–H and O–H groups in total. The highest BCUT2D eigenvalue weighted by molar-refractivity contribution is 5.97. The summed E-state index contributed by atoms with van der Waals surface area (Å²) >= 11 is 0. The molecule has 0 bridgehead atoms. The fourth-order valence-corrected chi connectivity index (χ4v) is 5.00. The van der Waals surface area contributed by atoms with E-state index in [4.69, 9.17) is 4.42 Å². The molecular weight excluding hydrogens is 468 g/mol. The standard InChI is InChI=1S/C30H24N2O5/c1-31-13-11-18(12-14-31)27-23(33)15-24(34)28-25(35)16-26(37-30(27)28)21-17-32(19-7-3-2-4-8-19)22-10-6-5-9-20(22)29(21)36/h2-11,15-17,33-34H,12-14H2,1H3. The second-order valence-corrected chi connectivity index (χ2v) is 9.31. The Kier molecular flexibility index (Phi) is 5.43. The van der Waals surface area contributed by atoms with Gasteiger partial charge in [0.1, 0.15) is 22.6 Å². The van der Waals surface area contributed by atoms with Gasteiger partial charge in [0.25, 0.3) is 0 Å². The van der Waals surface area contributed by atoms with Gasteiger partial charge in [0.2, 0.25) is 0 Å². The van der Waals surface area contributed by atoms with Crippen LogP contribution >= 0.6 is 0 Å². The molecule has 3 heterocycles. The fourth-order valence-electron chi connectivity index (χ4n) is 5.00. The number of hydrogen-bond acceptors (Lipinski definition) is 6. The van der Waals surface area contributed by atoms with E-state index >= 15 is 0 Å². The number of pyridine rings is 1. The van der Waals surface area contributed by atoms with Crippen LogP contribution in [-0.4, -0.2) is 39.8 Å². The van der Waals surface area contributed by atoms with Crippen LogP contribution in [-0.2, 0) is 0 Å². The second kappa shape index (κ2) is 8.80. The molecule has 0 fully saturated rings. The molecule has 0 aliphatic carbocycles. The first-order chi connectivity index (χ1) is 17.9. The molecule has 6 rings (SSSR count). The monoisotopic (exact) mass is 492 g/mol. The molecule has 0 unspecified atom stereocenters. The number of aromatic hydroxyl groups is 2. The average Bonchev–Trinajstić information content (AvgIpc) is 2.90. The SMILES string of the molecule is CN1CC=C(c2c(O)cc(O)c3c(=O)cc(-c4cn(-c5ccccc5)c5ccccc5c4=O)oc23)CC1. The lowest BCUT2D eigenvalue weighted by atomic mass is 9.95. The molecule has 0 amide bonds. The molecule has 7 heteroatoms. The first kappa shape index (κ1) is 22.8. The average molecular weight is 493 g/mol. The zero-order chi connectivity index (χ0) is 25.7. The quantitative estimate of drug-likeness (QED) is 0.372. The molecule has 1 aliphatic rings. The number of fused-ring (bicyclic) bond motifs is 2. The molecular formula is C30H24N2O5. The fraction of sp³-hybridized carbons (Fsp3) is 0.133. The van der Waals surface area contributed by atoms with E-state index in [0.717, 1.165) is 23.3 Å². The summed E-state index contributed by atoms with van der Waals surface area (Å²) in [4.78, 5) is 29.0. The van der Waals surface area contributed by atoms with Crippen molar-refractivity contribution in [2.75, 3.05) is 20.1 Å². The molecule has 37 heavy (non-hydrogen) atoms. The topological polar surface area (TPSA) is 95.9 Å². The van der Waals surface area contributed by atoms with Crippen LogP contribution in [0.3, 0.4) is 0 Å². The molecule has 7 nitrogen and oxygen atoms in total. The van der Waals surface area contributed by atoms with E-state index in [1.165, 1.54) is 12.1 Å². The molecule has 1 aliphatic heterocycles. The van der Waals surface area contributed by atoms with Gasteiger partial charge in [-0.1, -0.05) is 36.4 Å². The zero-order valence-electron chi connectivity index (χ0n) is 20.1. The Labute approximate surface area is 211 Å². The van der Waals surface area contributed by atoms with Crippen molar-refractivity contribution >= 4 is 27.4 Å². The maximum absolute atomic E-state index is 13.6. The van der Waals surface area contributed by atoms with Crippen molar-refractivity contribution in [3.63, 3.8) is 0 Å². The number of benzene rings is 3. The Morgan fingerprint density at radius 2 is 1.68 bits per heavy atom. The van der Waals surface area contributed by atoms with E-state index in [9.17, 15) is 19.8 Å². The number of likely N-dealkylation sites (N-methyl/N-ethyl adjacent to an activating group) is 1. The molecule has 0 saturated heterocycles. The van der Waals surface area contributed by atoms with E-state index < -0.39 is 5.43 Å². The normalized spacial score (nSPS) is 14.2. The van der Waals surface area contributed by atoms with Gasteiger partial charge in [-0.3, -0.25) is 9.59 Å². The van der Waals surface area contributed by atoms with Crippen LogP contribution in [0.15, 0.2) is 93.0 Å². The summed E-state index contributed by atoms with van der Waals surface area (Å²) in [5.74, 6) is -0.482. The summed E-state index contributed by atoms with van der Waals surface area (Å²) in [6, 6.07) is 19.3.